The molecule has 0 N–H and O–H groups in total. The Kier molecular flexibility index (Phi) is 3.35. The highest BCUT2D eigenvalue weighted by atomic mass is 14.7. The molecular formula is C11H13N. The standard InChI is InChI=1S/C11H13N/c1-3-5-7-11-9-6-8-10(4-2)12-11/h2,6,8-9H,3,5,7H2,1H3. The van der Waals surface area contributed by atoms with E-state index in [1.807, 2.05) is 18.2 Å². The van der Waals surface area contributed by atoms with Gasteiger partial charge in [0.1, 0.15) is 5.69 Å². The zero-order valence-corrected chi connectivity index (χ0v) is 7.38. The Labute approximate surface area is 73.8 Å². The summed E-state index contributed by atoms with van der Waals surface area (Å²) in [6, 6.07) is 5.85. The smallest absolute Gasteiger partial charge is 0.113 e. The van der Waals surface area contributed by atoms with Crippen LogP contribution in [0.3, 0.4) is 0 Å². The zero-order valence-electron chi connectivity index (χ0n) is 7.38. The molecule has 0 aliphatic heterocycles. The number of hydrogen-bond donors (Lipinski definition) is 0. The van der Waals surface area contributed by atoms with Gasteiger partial charge >= 0.3 is 0 Å². The first kappa shape index (κ1) is 8.80. The van der Waals surface area contributed by atoms with Gasteiger partial charge < -0.3 is 0 Å². The first-order valence-corrected chi connectivity index (χ1v) is 4.29. The summed E-state index contributed by atoms with van der Waals surface area (Å²) >= 11 is 0. The second kappa shape index (κ2) is 4.56. The number of aryl methyl sites for hydroxylation is 1. The average molecular weight is 159 g/mol. The summed E-state index contributed by atoms with van der Waals surface area (Å²) in [7, 11) is 0. The SMILES string of the molecule is C#Cc1cccc(CCCC)n1. The molecule has 0 atom stereocenters. The van der Waals surface area contributed by atoms with Crippen LogP contribution in [-0.4, -0.2) is 4.98 Å². The predicted octanol–water partition coefficient (Wildman–Crippen LogP) is 2.41. The van der Waals surface area contributed by atoms with E-state index in [1.165, 1.54) is 12.8 Å². The first-order chi connectivity index (χ1) is 5.86. The van der Waals surface area contributed by atoms with Crippen LogP contribution in [0.5, 0.6) is 0 Å². The molecule has 1 aromatic rings. The van der Waals surface area contributed by atoms with Crippen LogP contribution >= 0.6 is 0 Å². The molecule has 0 aliphatic carbocycles. The van der Waals surface area contributed by atoms with Crippen molar-refractivity contribution in [2.45, 2.75) is 26.2 Å². The molecule has 12 heavy (non-hydrogen) atoms. The van der Waals surface area contributed by atoms with Gasteiger partial charge in [-0.3, -0.25) is 0 Å². The fourth-order valence-electron chi connectivity index (χ4n) is 1.06. The van der Waals surface area contributed by atoms with Crippen molar-refractivity contribution in [3.63, 3.8) is 0 Å². The summed E-state index contributed by atoms with van der Waals surface area (Å²) in [6.45, 7) is 2.17. The Morgan fingerprint density at radius 3 is 3.00 bits per heavy atom. The Morgan fingerprint density at radius 2 is 2.33 bits per heavy atom. The molecule has 0 amide bonds. The Balaban J connectivity index is 2.68. The van der Waals surface area contributed by atoms with Crippen molar-refractivity contribution in [1.29, 1.82) is 0 Å². The lowest BCUT2D eigenvalue weighted by atomic mass is 10.2. The van der Waals surface area contributed by atoms with Gasteiger partial charge in [-0.1, -0.05) is 25.3 Å². The molecule has 0 spiro atoms. The first-order valence-electron chi connectivity index (χ1n) is 4.29. The second-order valence-electron chi connectivity index (χ2n) is 2.76. The topological polar surface area (TPSA) is 12.9 Å². The maximum atomic E-state index is 5.23. The van der Waals surface area contributed by atoms with E-state index in [9.17, 15) is 0 Å². The monoisotopic (exact) mass is 159 g/mol. The van der Waals surface area contributed by atoms with Crippen molar-refractivity contribution >= 4 is 0 Å². The summed E-state index contributed by atoms with van der Waals surface area (Å²) in [5.41, 5.74) is 1.84. The quantitative estimate of drug-likeness (QED) is 0.617. The maximum absolute atomic E-state index is 5.23. The van der Waals surface area contributed by atoms with Crippen molar-refractivity contribution < 1.29 is 0 Å². The van der Waals surface area contributed by atoms with Crippen LogP contribution in [0.15, 0.2) is 18.2 Å². The summed E-state index contributed by atoms with van der Waals surface area (Å²) < 4.78 is 0. The van der Waals surface area contributed by atoms with Gasteiger partial charge in [0.15, 0.2) is 0 Å². The predicted molar refractivity (Wildman–Crippen MR) is 50.8 cm³/mol. The van der Waals surface area contributed by atoms with Gasteiger partial charge in [0.2, 0.25) is 0 Å². The molecule has 1 aromatic heterocycles. The van der Waals surface area contributed by atoms with Crippen LogP contribution in [0.4, 0.5) is 0 Å². The third-order valence-corrected chi connectivity index (χ3v) is 1.74. The number of pyridine rings is 1. The second-order valence-corrected chi connectivity index (χ2v) is 2.76. The highest BCUT2D eigenvalue weighted by Crippen LogP contribution is 2.02. The fraction of sp³-hybridized carbons (Fsp3) is 0.364. The lowest BCUT2D eigenvalue weighted by molar-refractivity contribution is 0.776. The molecule has 1 nitrogen and oxygen atoms in total. The third kappa shape index (κ3) is 2.39. The summed E-state index contributed by atoms with van der Waals surface area (Å²) in [5.74, 6) is 2.53. The van der Waals surface area contributed by atoms with E-state index in [0.717, 1.165) is 17.8 Å². The van der Waals surface area contributed by atoms with E-state index in [4.69, 9.17) is 6.42 Å². The number of aromatic nitrogens is 1. The molecule has 0 radical (unpaired) electrons. The van der Waals surface area contributed by atoms with E-state index in [0.29, 0.717) is 0 Å². The van der Waals surface area contributed by atoms with Gasteiger partial charge in [0.05, 0.1) is 0 Å². The minimum atomic E-state index is 0.739. The molecule has 0 aromatic carbocycles. The number of unbranched alkanes of at least 4 members (excludes halogenated alkanes) is 1. The molecular weight excluding hydrogens is 146 g/mol. The fourth-order valence-corrected chi connectivity index (χ4v) is 1.06. The molecule has 0 aliphatic rings. The summed E-state index contributed by atoms with van der Waals surface area (Å²) in [5, 5.41) is 0. The number of hydrogen-bond acceptors (Lipinski definition) is 1. The number of rotatable bonds is 3. The molecule has 62 valence electrons. The van der Waals surface area contributed by atoms with Crippen molar-refractivity contribution in [3.8, 4) is 12.3 Å². The molecule has 0 saturated carbocycles. The van der Waals surface area contributed by atoms with Crippen molar-refractivity contribution in [3.05, 3.63) is 29.6 Å². The van der Waals surface area contributed by atoms with Crippen LogP contribution < -0.4 is 0 Å². The van der Waals surface area contributed by atoms with Gasteiger partial charge in [-0.05, 0) is 25.0 Å². The largest absolute Gasteiger partial charge is 0.244 e. The Bertz CT molecular complexity index is 283. The van der Waals surface area contributed by atoms with Crippen LogP contribution in [0, 0.1) is 12.3 Å². The van der Waals surface area contributed by atoms with Crippen molar-refractivity contribution in [2.24, 2.45) is 0 Å². The average Bonchev–Trinajstić information content (AvgIpc) is 2.15. The van der Waals surface area contributed by atoms with Crippen molar-refractivity contribution in [1.82, 2.24) is 4.98 Å². The molecule has 1 heteroatoms. The van der Waals surface area contributed by atoms with Gasteiger partial charge in [-0.15, -0.1) is 6.42 Å². The molecule has 1 heterocycles. The van der Waals surface area contributed by atoms with Gasteiger partial charge in [0, 0.05) is 5.69 Å². The number of nitrogens with zero attached hydrogens (tertiary/aromatic N) is 1. The van der Waals surface area contributed by atoms with Crippen LogP contribution in [0.25, 0.3) is 0 Å². The van der Waals surface area contributed by atoms with Crippen LogP contribution in [0.1, 0.15) is 31.2 Å². The van der Waals surface area contributed by atoms with E-state index in [2.05, 4.69) is 17.8 Å². The van der Waals surface area contributed by atoms with E-state index < -0.39 is 0 Å². The Hall–Kier alpha value is -1.29. The highest BCUT2D eigenvalue weighted by Gasteiger charge is 1.93. The lowest BCUT2D eigenvalue weighted by Crippen LogP contribution is -1.91. The molecule has 0 fully saturated rings. The van der Waals surface area contributed by atoms with E-state index >= 15 is 0 Å². The van der Waals surface area contributed by atoms with E-state index in [1.54, 1.807) is 0 Å². The molecule has 0 saturated heterocycles. The minimum absolute atomic E-state index is 0.739. The molecule has 0 bridgehead atoms. The summed E-state index contributed by atoms with van der Waals surface area (Å²) in [6.07, 6.45) is 8.65. The van der Waals surface area contributed by atoms with Gasteiger partial charge in [-0.2, -0.15) is 0 Å². The molecule has 0 unspecified atom stereocenters. The van der Waals surface area contributed by atoms with Crippen LogP contribution in [-0.2, 0) is 6.42 Å². The Morgan fingerprint density at radius 1 is 1.50 bits per heavy atom. The molecule has 1 rings (SSSR count). The maximum Gasteiger partial charge on any atom is 0.113 e. The minimum Gasteiger partial charge on any atom is -0.244 e. The van der Waals surface area contributed by atoms with Crippen molar-refractivity contribution in [2.75, 3.05) is 0 Å². The summed E-state index contributed by atoms with van der Waals surface area (Å²) in [4.78, 5) is 4.29. The zero-order chi connectivity index (χ0) is 8.81. The highest BCUT2D eigenvalue weighted by molar-refractivity contribution is 5.25. The van der Waals surface area contributed by atoms with Gasteiger partial charge in [-0.25, -0.2) is 4.98 Å². The lowest BCUT2D eigenvalue weighted by Gasteiger charge is -1.98. The van der Waals surface area contributed by atoms with Crippen LogP contribution in [0.2, 0.25) is 0 Å². The third-order valence-electron chi connectivity index (χ3n) is 1.74. The van der Waals surface area contributed by atoms with Gasteiger partial charge in [0.25, 0.3) is 0 Å². The number of terminal acetylenes is 1. The normalized spacial score (nSPS) is 9.33. The van der Waals surface area contributed by atoms with E-state index in [-0.39, 0.29) is 0 Å².